The van der Waals surface area contributed by atoms with Crippen molar-refractivity contribution >= 4 is 16.7 Å². The highest BCUT2D eigenvalue weighted by molar-refractivity contribution is 5.91. The average molecular weight is 358 g/mol. The van der Waals surface area contributed by atoms with E-state index in [1.54, 1.807) is 24.4 Å². The highest BCUT2D eigenvalue weighted by atomic mass is 19.1. The lowest BCUT2D eigenvalue weighted by atomic mass is 10.1. The van der Waals surface area contributed by atoms with Gasteiger partial charge in [0, 0.05) is 37.3 Å². The molecule has 2 aromatic carbocycles. The van der Waals surface area contributed by atoms with Gasteiger partial charge in [-0.25, -0.2) is 14.4 Å². The van der Waals surface area contributed by atoms with E-state index in [1.165, 1.54) is 6.07 Å². The maximum atomic E-state index is 14.3. The molecule has 4 aromatic rings. The van der Waals surface area contributed by atoms with E-state index in [2.05, 4.69) is 14.9 Å². The second-order valence-electron chi connectivity index (χ2n) is 6.36. The van der Waals surface area contributed by atoms with Gasteiger partial charge in [-0.15, -0.1) is 0 Å². The Hall–Kier alpha value is -3.34. The monoisotopic (exact) mass is 358 g/mol. The lowest BCUT2D eigenvalue weighted by Gasteiger charge is -2.20. The minimum atomic E-state index is -0.324. The molecule has 0 atom stereocenters. The van der Waals surface area contributed by atoms with Crippen molar-refractivity contribution in [2.24, 2.45) is 0 Å². The summed E-state index contributed by atoms with van der Waals surface area (Å²) in [6, 6.07) is 20.3. The molecular formula is C22H19FN4. The maximum Gasteiger partial charge on any atom is 0.165 e. The summed E-state index contributed by atoms with van der Waals surface area (Å²) in [5, 5.41) is 0.945. The van der Waals surface area contributed by atoms with Crippen molar-refractivity contribution in [2.75, 3.05) is 18.5 Å². The zero-order chi connectivity index (χ0) is 18.6. The summed E-state index contributed by atoms with van der Waals surface area (Å²) in [6.45, 7) is 0.745. The Bertz CT molecular complexity index is 1070. The molecule has 0 saturated carbocycles. The van der Waals surface area contributed by atoms with Crippen molar-refractivity contribution in [3.05, 3.63) is 84.4 Å². The number of pyridine rings is 1. The zero-order valence-electron chi connectivity index (χ0n) is 15.0. The molecule has 0 amide bonds. The zero-order valence-corrected chi connectivity index (χ0v) is 15.0. The van der Waals surface area contributed by atoms with Crippen LogP contribution in [0.3, 0.4) is 0 Å². The number of anilines is 1. The van der Waals surface area contributed by atoms with Crippen LogP contribution < -0.4 is 4.90 Å². The minimum Gasteiger partial charge on any atom is -0.359 e. The molecule has 2 aromatic heterocycles. The third kappa shape index (κ3) is 3.62. The van der Waals surface area contributed by atoms with Gasteiger partial charge in [-0.2, -0.15) is 0 Å². The van der Waals surface area contributed by atoms with Gasteiger partial charge in [0.05, 0.1) is 11.1 Å². The molecule has 4 rings (SSSR count). The predicted octanol–water partition coefficient (Wildman–Crippen LogP) is 4.51. The van der Waals surface area contributed by atoms with E-state index in [0.29, 0.717) is 11.4 Å². The number of nitrogens with zero attached hydrogens (tertiary/aromatic N) is 4. The fourth-order valence-electron chi connectivity index (χ4n) is 3.05. The molecule has 134 valence electrons. The number of hydrogen-bond acceptors (Lipinski definition) is 4. The predicted molar refractivity (Wildman–Crippen MR) is 106 cm³/mol. The first kappa shape index (κ1) is 17.1. The first-order chi connectivity index (χ1) is 13.2. The van der Waals surface area contributed by atoms with Gasteiger partial charge >= 0.3 is 0 Å². The SMILES string of the molecule is CN(CCc1ccccn1)c1nc(-c2ccccc2F)nc2ccccc12. The Morgan fingerprint density at radius 2 is 1.67 bits per heavy atom. The van der Waals surface area contributed by atoms with Crippen LogP contribution in [-0.2, 0) is 6.42 Å². The molecule has 0 N–H and O–H groups in total. The lowest BCUT2D eigenvalue weighted by Crippen LogP contribution is -2.22. The van der Waals surface area contributed by atoms with Gasteiger partial charge in [0.1, 0.15) is 11.6 Å². The van der Waals surface area contributed by atoms with Crippen LogP contribution in [0.5, 0.6) is 0 Å². The second-order valence-corrected chi connectivity index (χ2v) is 6.36. The van der Waals surface area contributed by atoms with E-state index < -0.39 is 0 Å². The Labute approximate surface area is 157 Å². The Kier molecular flexibility index (Phi) is 4.75. The van der Waals surface area contributed by atoms with Crippen molar-refractivity contribution in [3.63, 3.8) is 0 Å². The number of rotatable bonds is 5. The van der Waals surface area contributed by atoms with Crippen molar-refractivity contribution in [1.82, 2.24) is 15.0 Å². The summed E-state index contributed by atoms with van der Waals surface area (Å²) in [5.41, 5.74) is 2.23. The average Bonchev–Trinajstić information content (AvgIpc) is 2.72. The molecule has 2 heterocycles. The number of halogens is 1. The quantitative estimate of drug-likeness (QED) is 0.526. The van der Waals surface area contributed by atoms with Crippen LogP contribution >= 0.6 is 0 Å². The second kappa shape index (κ2) is 7.50. The Morgan fingerprint density at radius 1 is 0.889 bits per heavy atom. The van der Waals surface area contributed by atoms with Gasteiger partial charge < -0.3 is 4.90 Å². The van der Waals surface area contributed by atoms with Crippen LogP contribution in [0.1, 0.15) is 5.69 Å². The number of aromatic nitrogens is 3. The molecule has 0 fully saturated rings. The number of benzene rings is 2. The molecule has 0 saturated heterocycles. The van der Waals surface area contributed by atoms with Crippen molar-refractivity contribution in [3.8, 4) is 11.4 Å². The van der Waals surface area contributed by atoms with E-state index >= 15 is 0 Å². The standard InChI is InChI=1S/C22H19FN4/c1-27(15-13-16-8-6-7-14-24-16)22-18-10-3-5-12-20(18)25-21(26-22)17-9-2-4-11-19(17)23/h2-12,14H,13,15H2,1H3. The summed E-state index contributed by atoms with van der Waals surface area (Å²) >= 11 is 0. The van der Waals surface area contributed by atoms with E-state index in [9.17, 15) is 4.39 Å². The van der Waals surface area contributed by atoms with E-state index in [-0.39, 0.29) is 5.82 Å². The van der Waals surface area contributed by atoms with Gasteiger partial charge in [0.15, 0.2) is 5.82 Å². The van der Waals surface area contributed by atoms with Crippen LogP contribution in [-0.4, -0.2) is 28.5 Å². The molecule has 0 spiro atoms. The summed E-state index contributed by atoms with van der Waals surface area (Å²) in [4.78, 5) is 15.7. The molecular weight excluding hydrogens is 339 g/mol. The van der Waals surface area contributed by atoms with E-state index in [1.807, 2.05) is 49.5 Å². The van der Waals surface area contributed by atoms with Crippen molar-refractivity contribution in [2.45, 2.75) is 6.42 Å². The summed E-state index contributed by atoms with van der Waals surface area (Å²) in [5.74, 6) is 0.858. The van der Waals surface area contributed by atoms with Crippen LogP contribution in [0.25, 0.3) is 22.3 Å². The molecule has 4 nitrogen and oxygen atoms in total. The largest absolute Gasteiger partial charge is 0.359 e. The third-order valence-corrected chi connectivity index (χ3v) is 4.49. The van der Waals surface area contributed by atoms with Gasteiger partial charge in [-0.3, -0.25) is 4.98 Å². The fourth-order valence-corrected chi connectivity index (χ4v) is 3.05. The number of para-hydroxylation sites is 1. The van der Waals surface area contributed by atoms with E-state index in [4.69, 9.17) is 4.98 Å². The molecule has 0 aliphatic rings. The Morgan fingerprint density at radius 3 is 2.48 bits per heavy atom. The first-order valence-corrected chi connectivity index (χ1v) is 8.85. The minimum absolute atomic E-state index is 0.324. The molecule has 27 heavy (non-hydrogen) atoms. The number of hydrogen-bond donors (Lipinski definition) is 0. The molecule has 0 unspecified atom stereocenters. The van der Waals surface area contributed by atoms with Crippen LogP contribution in [0.4, 0.5) is 10.2 Å². The summed E-state index contributed by atoms with van der Waals surface area (Å²) in [7, 11) is 1.99. The third-order valence-electron chi connectivity index (χ3n) is 4.49. The molecule has 0 bridgehead atoms. The van der Waals surface area contributed by atoms with Gasteiger partial charge in [-0.1, -0.05) is 30.3 Å². The Balaban J connectivity index is 1.73. The topological polar surface area (TPSA) is 41.9 Å². The van der Waals surface area contributed by atoms with Gasteiger partial charge in [0.2, 0.25) is 0 Å². The van der Waals surface area contributed by atoms with E-state index in [0.717, 1.165) is 35.4 Å². The van der Waals surface area contributed by atoms with Crippen LogP contribution in [0, 0.1) is 5.82 Å². The van der Waals surface area contributed by atoms with Crippen molar-refractivity contribution in [1.29, 1.82) is 0 Å². The first-order valence-electron chi connectivity index (χ1n) is 8.85. The summed E-state index contributed by atoms with van der Waals surface area (Å²) < 4.78 is 14.3. The molecule has 5 heteroatoms. The normalized spacial score (nSPS) is 10.9. The van der Waals surface area contributed by atoms with Crippen molar-refractivity contribution < 1.29 is 4.39 Å². The van der Waals surface area contributed by atoms with Crippen LogP contribution in [0.15, 0.2) is 72.9 Å². The fraction of sp³-hybridized carbons (Fsp3) is 0.136. The highest BCUT2D eigenvalue weighted by Gasteiger charge is 2.15. The number of likely N-dealkylation sites (N-methyl/N-ethyl adjacent to an activating group) is 1. The smallest absolute Gasteiger partial charge is 0.165 e. The molecule has 0 radical (unpaired) electrons. The van der Waals surface area contributed by atoms with Gasteiger partial charge in [0.25, 0.3) is 0 Å². The molecule has 0 aliphatic heterocycles. The van der Waals surface area contributed by atoms with Crippen LogP contribution in [0.2, 0.25) is 0 Å². The summed E-state index contributed by atoms with van der Waals surface area (Å²) in [6.07, 6.45) is 2.59. The number of fused-ring (bicyclic) bond motifs is 1. The highest BCUT2D eigenvalue weighted by Crippen LogP contribution is 2.28. The lowest BCUT2D eigenvalue weighted by molar-refractivity contribution is 0.630. The molecule has 0 aliphatic carbocycles. The maximum absolute atomic E-state index is 14.3. The van der Waals surface area contributed by atoms with Gasteiger partial charge in [-0.05, 0) is 36.4 Å².